The summed E-state index contributed by atoms with van der Waals surface area (Å²) >= 11 is 1.46. The predicted octanol–water partition coefficient (Wildman–Crippen LogP) is 3.45. The molecular formula is C32H87N2O19PS7. The van der Waals surface area contributed by atoms with E-state index in [0.29, 0.717) is 6.42 Å². The predicted molar refractivity (Wildman–Crippen MR) is 258 cm³/mol. The molecule has 2 N–H and O–H groups in total. The van der Waals surface area contributed by atoms with E-state index < -0.39 is 59.8 Å². The molecule has 0 aliphatic heterocycles. The molecular weight excluding hydrogens is 972 g/mol. The van der Waals surface area contributed by atoms with Gasteiger partial charge >= 0.3 is 0 Å². The summed E-state index contributed by atoms with van der Waals surface area (Å²) in [6, 6.07) is 0. The van der Waals surface area contributed by atoms with E-state index in [-0.39, 0.29) is 47.2 Å². The van der Waals surface area contributed by atoms with Crippen molar-refractivity contribution in [2.24, 2.45) is 0 Å². The van der Waals surface area contributed by atoms with Crippen molar-refractivity contribution in [1.82, 2.24) is 9.79 Å². The van der Waals surface area contributed by atoms with Gasteiger partial charge in [-0.3, -0.25) is 13.6 Å². The minimum absolute atomic E-state index is 0.0451. The van der Waals surface area contributed by atoms with Gasteiger partial charge in [-0.25, -0.2) is 33.7 Å². The Balaban J connectivity index is -0.0000000505. The highest BCUT2D eigenvalue weighted by Crippen LogP contribution is 2.28. The van der Waals surface area contributed by atoms with Crippen LogP contribution in [-0.2, 0) is 86.4 Å². The third kappa shape index (κ3) is 165. The summed E-state index contributed by atoms with van der Waals surface area (Å²) < 4.78 is 143. The van der Waals surface area contributed by atoms with Gasteiger partial charge in [-0.1, -0.05) is 52.9 Å². The maximum atomic E-state index is 10.4. The first-order chi connectivity index (χ1) is 27.2. The van der Waals surface area contributed by atoms with Gasteiger partial charge in [0.2, 0.25) is 10.0 Å². The normalized spacial score (nSPS) is 10.9. The smallest absolute Gasteiger partial charge is 0.266 e. The second-order valence-electron chi connectivity index (χ2n) is 10.5. The molecule has 0 aromatic rings. The average molecular weight is 1060 g/mol. The summed E-state index contributed by atoms with van der Waals surface area (Å²) in [5, 5.41) is 10.9. The third-order valence-corrected chi connectivity index (χ3v) is 13.4. The summed E-state index contributed by atoms with van der Waals surface area (Å²) in [7, 11) is -3.97. The molecule has 61 heavy (non-hydrogen) atoms. The van der Waals surface area contributed by atoms with E-state index in [2.05, 4.69) is 36.2 Å². The largest absolute Gasteiger partial charge is 0.388 e. The monoisotopic (exact) mass is 1060 g/mol. The Labute approximate surface area is 380 Å². The van der Waals surface area contributed by atoms with Gasteiger partial charge in [0, 0.05) is 84.2 Å². The van der Waals surface area contributed by atoms with Crippen LogP contribution in [0, 0.1) is 0 Å². The Kier molecular flexibility index (Phi) is 83.2. The van der Waals surface area contributed by atoms with Crippen LogP contribution < -0.4 is 5.32 Å². The minimum atomic E-state index is -3.35. The van der Waals surface area contributed by atoms with Crippen molar-refractivity contribution in [2.75, 3.05) is 136 Å². The zero-order chi connectivity index (χ0) is 52.3. The van der Waals surface area contributed by atoms with E-state index in [1.165, 1.54) is 37.6 Å². The van der Waals surface area contributed by atoms with Crippen LogP contribution in [0.25, 0.3) is 0 Å². The van der Waals surface area contributed by atoms with Crippen LogP contribution in [0.3, 0.4) is 0 Å². The number of hydrogen-bond donors (Lipinski definition) is 2. The van der Waals surface area contributed by atoms with Gasteiger partial charge in [0.05, 0.1) is 39.6 Å². The molecule has 0 amide bonds. The van der Waals surface area contributed by atoms with Gasteiger partial charge in [0.15, 0.2) is 0 Å². The standard InChI is InChI=1S/C4H10O2S.C4H11OP.C4H8O.C3H8O3S.2C3H8O2S.C3H8OS.C2H7NO3S.C2H7N.C2H6O3S.C2H6O/c1-3-7(5,6)4-2;1-4-6(3)5-2;1-3-4(2)5;1-3-7(4,5)6-2;2*1-3-6(2,4)5;1-3-5-4-2;1-3(4)7(2,5)6;1-3-2;1-5-6(2,3)4;1-3-2/h3-4H2,1-2H3;4H2,1-3H3;3H2,1-2H3;3H2,1-2H3;2*3H2,1-2H3;3H2,1-2H3;4H,1-2H3;3H,1-2H3;1-2H3;1-2H3. The van der Waals surface area contributed by atoms with E-state index in [4.69, 9.17) is 9.73 Å². The number of ketones is 1. The molecule has 0 aliphatic carbocycles. The molecule has 0 aromatic heterocycles. The van der Waals surface area contributed by atoms with Gasteiger partial charge in [-0.2, -0.15) is 16.8 Å². The quantitative estimate of drug-likeness (QED) is 0.115. The molecule has 0 saturated heterocycles. The second kappa shape index (κ2) is 57.8. The zero-order valence-corrected chi connectivity index (χ0v) is 47.8. The Morgan fingerprint density at radius 1 is 0.639 bits per heavy atom. The number of Topliss-reactive ketones (excluding diaryl/α,β-unsaturated/α-hetero) is 1. The van der Waals surface area contributed by atoms with Crippen LogP contribution in [0.4, 0.5) is 0 Å². The van der Waals surface area contributed by atoms with E-state index >= 15 is 0 Å². The molecule has 0 fully saturated rings. The summed E-state index contributed by atoms with van der Waals surface area (Å²) in [5.74, 6) is 2.36. The number of hydroxylamine groups is 1. The van der Waals surface area contributed by atoms with Gasteiger partial charge in [0.1, 0.15) is 35.3 Å². The fourth-order valence-corrected chi connectivity index (χ4v) is 1.71. The molecule has 1 unspecified atom stereocenters. The molecule has 0 rings (SSSR count). The minimum Gasteiger partial charge on any atom is -0.388 e. The van der Waals surface area contributed by atoms with Crippen molar-refractivity contribution < 1.29 is 82.3 Å². The van der Waals surface area contributed by atoms with E-state index in [0.717, 1.165) is 39.5 Å². The number of methoxy groups -OCH3 is 1. The van der Waals surface area contributed by atoms with E-state index in [1.54, 1.807) is 63.1 Å². The molecule has 0 bridgehead atoms. The maximum absolute atomic E-state index is 10.4. The first-order valence-electron chi connectivity index (χ1n) is 17.8. The molecule has 0 spiro atoms. The van der Waals surface area contributed by atoms with Gasteiger partial charge < -0.3 is 23.6 Å². The molecule has 0 radical (unpaired) electrons. The van der Waals surface area contributed by atoms with Gasteiger partial charge in [0.25, 0.3) is 20.2 Å². The lowest BCUT2D eigenvalue weighted by Crippen LogP contribution is -2.20. The Bertz CT molecular complexity index is 1390. The Morgan fingerprint density at radius 3 is 0.885 bits per heavy atom. The molecule has 0 aromatic carbocycles. The lowest BCUT2D eigenvalue weighted by Gasteiger charge is -2.01. The van der Waals surface area contributed by atoms with E-state index in [9.17, 15) is 55.3 Å². The fourth-order valence-electron chi connectivity index (χ4n) is 0.569. The number of carbonyl (C=O) groups is 1. The number of ether oxygens (including phenoxy) is 1. The topological polar surface area (TPSA) is 304 Å². The average Bonchev–Trinajstić information content (AvgIpc) is 3.16. The first-order valence-corrected chi connectivity index (χ1v) is 31.8. The van der Waals surface area contributed by atoms with Crippen molar-refractivity contribution in [3.8, 4) is 0 Å². The van der Waals surface area contributed by atoms with E-state index in [1.807, 2.05) is 27.9 Å². The lowest BCUT2D eigenvalue weighted by molar-refractivity contribution is -0.116. The molecule has 29 heteroatoms. The molecule has 1 atom stereocenters. The first kappa shape index (κ1) is 87.7. The van der Waals surface area contributed by atoms with Crippen LogP contribution in [0.2, 0.25) is 0 Å². The van der Waals surface area contributed by atoms with Crippen LogP contribution >= 0.6 is 20.2 Å². The van der Waals surface area contributed by atoms with Crippen molar-refractivity contribution in [3.05, 3.63) is 0 Å². The summed E-state index contributed by atoms with van der Waals surface area (Å²) in [6.07, 6.45) is 6.17. The lowest BCUT2D eigenvalue weighted by atomic mass is 10.4. The molecule has 0 heterocycles. The number of nitrogens with zero attached hydrogens (tertiary/aromatic N) is 1. The SMILES string of the molecule is CCC(C)=O.CCP(C)OC.CCS(=O)(=O)CC.CCS(=O)(=O)OC.CCS(C)(=O)=O.CCS(C)(=O)=O.CCSOC.CN(O)S(C)(=O)=O.CNC.COC.COS(C)(=O)=O. The van der Waals surface area contributed by atoms with Crippen LogP contribution in [0.5, 0.6) is 0 Å². The van der Waals surface area contributed by atoms with Gasteiger partial charge in [-0.15, -0.1) is 0 Å². The summed E-state index contributed by atoms with van der Waals surface area (Å²) in [5.41, 5.74) is 0. The van der Waals surface area contributed by atoms with Gasteiger partial charge in [-0.05, 0) is 52.8 Å². The molecule has 386 valence electrons. The number of carbonyl (C=O) groups excluding carboxylic acids is 1. The third-order valence-electron chi connectivity index (χ3n) is 4.81. The van der Waals surface area contributed by atoms with Crippen molar-refractivity contribution in [1.29, 1.82) is 0 Å². The number of rotatable bonds is 13. The van der Waals surface area contributed by atoms with Crippen LogP contribution in [0.1, 0.15) is 68.7 Å². The summed E-state index contributed by atoms with van der Waals surface area (Å²) in [6.45, 7) is 17.8. The Hall–Kier alpha value is -0.170. The number of nitrogens with one attached hydrogen (secondary N) is 1. The molecule has 0 saturated carbocycles. The fraction of sp³-hybridized carbons (Fsp3) is 0.969. The van der Waals surface area contributed by atoms with Crippen LogP contribution in [0.15, 0.2) is 0 Å². The number of sulfonamides is 1. The van der Waals surface area contributed by atoms with Crippen molar-refractivity contribution >= 4 is 85.7 Å². The van der Waals surface area contributed by atoms with Crippen molar-refractivity contribution in [2.45, 2.75) is 68.7 Å². The van der Waals surface area contributed by atoms with Crippen LogP contribution in [-0.4, -0.2) is 202 Å². The molecule has 0 aliphatic rings. The van der Waals surface area contributed by atoms with Crippen molar-refractivity contribution in [3.63, 3.8) is 0 Å². The molecule has 21 nitrogen and oxygen atoms in total. The zero-order valence-electron chi connectivity index (χ0n) is 41.2. The highest BCUT2D eigenvalue weighted by atomic mass is 32.2. The summed E-state index contributed by atoms with van der Waals surface area (Å²) in [4.78, 5) is 9.81. The Morgan fingerprint density at radius 2 is 0.885 bits per heavy atom. The maximum Gasteiger partial charge on any atom is 0.266 e. The highest BCUT2D eigenvalue weighted by molar-refractivity contribution is 7.94. The second-order valence-corrected chi connectivity index (χ2v) is 27.2. The number of sulfone groups is 3. The number of hydrogen-bond acceptors (Lipinski definition) is 21. The highest BCUT2D eigenvalue weighted by Gasteiger charge is 2.03.